The topological polar surface area (TPSA) is 104 Å². The highest BCUT2D eigenvalue weighted by Crippen LogP contribution is 2.51. The maximum Gasteiger partial charge on any atom is 0.283 e. The average Bonchev–Trinajstić information content (AvgIpc) is 2.71. The number of carbonyl (C=O) groups excluding carboxylic acids is 1. The van der Waals surface area contributed by atoms with Gasteiger partial charge in [-0.05, 0) is 30.3 Å². The van der Waals surface area contributed by atoms with Crippen LogP contribution in [0.25, 0.3) is 0 Å². The summed E-state index contributed by atoms with van der Waals surface area (Å²) in [6, 6.07) is 6.76. The molecule has 6 nitrogen and oxygen atoms in total. The fraction of sp³-hybridized carbons (Fsp3) is 0.263. The number of aromatic nitrogens is 1. The first kappa shape index (κ1) is 21.2. The van der Waals surface area contributed by atoms with E-state index in [2.05, 4.69) is 15.3 Å². The number of nitriles is 1. The Morgan fingerprint density at radius 2 is 2.00 bits per heavy atom. The highest BCUT2D eigenvalue weighted by atomic mass is 19.3. The Morgan fingerprint density at radius 1 is 1.27 bits per heavy atom. The second-order valence-corrected chi connectivity index (χ2v) is 6.57. The van der Waals surface area contributed by atoms with E-state index in [0.29, 0.717) is 12.1 Å². The summed E-state index contributed by atoms with van der Waals surface area (Å²) < 4.78 is 71.5. The van der Waals surface area contributed by atoms with Crippen molar-refractivity contribution < 1.29 is 26.7 Å². The van der Waals surface area contributed by atoms with Crippen molar-refractivity contribution in [1.82, 2.24) is 4.98 Å². The molecular weight excluding hydrogens is 409 g/mol. The lowest BCUT2D eigenvalue weighted by Gasteiger charge is -2.40. The van der Waals surface area contributed by atoms with Crippen molar-refractivity contribution in [3.63, 3.8) is 0 Å². The maximum absolute atomic E-state index is 14.6. The van der Waals surface area contributed by atoms with Crippen molar-refractivity contribution in [2.45, 2.75) is 30.7 Å². The van der Waals surface area contributed by atoms with Gasteiger partial charge in [0.05, 0.1) is 11.4 Å². The second-order valence-electron chi connectivity index (χ2n) is 6.57. The summed E-state index contributed by atoms with van der Waals surface area (Å²) in [5.41, 5.74) is 0.670. The van der Waals surface area contributed by atoms with Gasteiger partial charge in [0, 0.05) is 30.3 Å². The van der Waals surface area contributed by atoms with Crippen molar-refractivity contribution in [2.24, 2.45) is 10.7 Å². The van der Waals surface area contributed by atoms with Crippen LogP contribution in [0, 0.1) is 17.1 Å². The molecule has 1 amide bonds. The van der Waals surface area contributed by atoms with Gasteiger partial charge in [-0.25, -0.2) is 31.9 Å². The third kappa shape index (κ3) is 3.56. The van der Waals surface area contributed by atoms with Gasteiger partial charge in [-0.3, -0.25) is 4.79 Å². The number of pyridine rings is 1. The Morgan fingerprint density at radius 3 is 2.60 bits per heavy atom. The lowest BCUT2D eigenvalue weighted by Crippen LogP contribution is -2.54. The number of amidine groups is 1. The minimum Gasteiger partial charge on any atom is -0.387 e. The van der Waals surface area contributed by atoms with E-state index < -0.39 is 53.9 Å². The predicted octanol–water partition coefficient (Wildman–Crippen LogP) is 3.59. The van der Waals surface area contributed by atoms with Gasteiger partial charge in [-0.15, -0.1) is 0 Å². The van der Waals surface area contributed by atoms with E-state index in [9.17, 15) is 26.7 Å². The number of anilines is 1. The molecule has 3 N–H and O–H groups in total. The fourth-order valence-corrected chi connectivity index (χ4v) is 3.11. The Kier molecular flexibility index (Phi) is 5.43. The monoisotopic (exact) mass is 423 g/mol. The van der Waals surface area contributed by atoms with Crippen LogP contribution in [0.15, 0.2) is 41.5 Å². The summed E-state index contributed by atoms with van der Waals surface area (Å²) in [6.07, 6.45) is -4.08. The van der Waals surface area contributed by atoms with Crippen LogP contribution < -0.4 is 11.1 Å². The van der Waals surface area contributed by atoms with Crippen molar-refractivity contribution in [3.8, 4) is 6.07 Å². The minimum atomic E-state index is -4.08. The molecule has 0 unspecified atom stereocenters. The Labute approximate surface area is 167 Å². The van der Waals surface area contributed by atoms with Gasteiger partial charge in [0.2, 0.25) is 5.54 Å². The lowest BCUT2D eigenvalue weighted by atomic mass is 9.79. The molecule has 2 heterocycles. The highest BCUT2D eigenvalue weighted by molar-refractivity contribution is 6.02. The van der Waals surface area contributed by atoms with Gasteiger partial charge in [0.1, 0.15) is 17.6 Å². The molecule has 1 aromatic heterocycles. The van der Waals surface area contributed by atoms with Crippen LogP contribution in [0.1, 0.15) is 34.5 Å². The van der Waals surface area contributed by atoms with E-state index in [4.69, 9.17) is 11.0 Å². The van der Waals surface area contributed by atoms with Gasteiger partial charge >= 0.3 is 0 Å². The first-order chi connectivity index (χ1) is 14.1. The highest BCUT2D eigenvalue weighted by Gasteiger charge is 2.63. The molecule has 0 bridgehead atoms. The number of aliphatic imine (C=N–C) groups is 1. The SMILES string of the molecule is N#Cc1ccc(C(=O)Nc2ccc(F)c([C@@]3(C(F)F)N=C(N)CCC3(F)F)c2)nc1. The van der Waals surface area contributed by atoms with Crippen molar-refractivity contribution in [3.05, 3.63) is 59.2 Å². The van der Waals surface area contributed by atoms with Crippen LogP contribution >= 0.6 is 0 Å². The molecule has 0 aliphatic carbocycles. The number of rotatable bonds is 4. The minimum absolute atomic E-state index is 0.131. The molecule has 30 heavy (non-hydrogen) atoms. The van der Waals surface area contributed by atoms with Crippen LogP contribution in [-0.2, 0) is 5.54 Å². The van der Waals surface area contributed by atoms with E-state index in [1.165, 1.54) is 12.1 Å². The molecule has 11 heteroatoms. The Hall–Kier alpha value is -3.55. The van der Waals surface area contributed by atoms with Crippen molar-refractivity contribution >= 4 is 17.4 Å². The van der Waals surface area contributed by atoms with Gasteiger partial charge in [-0.1, -0.05) is 0 Å². The average molecular weight is 423 g/mol. The first-order valence-electron chi connectivity index (χ1n) is 8.58. The number of halogens is 5. The number of carbonyl (C=O) groups is 1. The molecule has 0 saturated heterocycles. The molecule has 1 atom stereocenters. The summed E-state index contributed by atoms with van der Waals surface area (Å²) in [6.45, 7) is 0. The number of nitrogens with zero attached hydrogens (tertiary/aromatic N) is 3. The molecule has 0 spiro atoms. The van der Waals surface area contributed by atoms with E-state index in [0.717, 1.165) is 12.3 Å². The van der Waals surface area contributed by atoms with Gasteiger partial charge < -0.3 is 11.1 Å². The zero-order valence-electron chi connectivity index (χ0n) is 15.2. The molecule has 3 rings (SSSR count). The molecule has 2 aromatic rings. The van der Waals surface area contributed by atoms with E-state index >= 15 is 0 Å². The van der Waals surface area contributed by atoms with Crippen LogP contribution in [0.3, 0.4) is 0 Å². The number of nitrogens with one attached hydrogen (secondary N) is 1. The number of hydrogen-bond donors (Lipinski definition) is 2. The number of alkyl halides is 4. The molecular formula is C19H14F5N5O. The molecule has 1 aromatic carbocycles. The van der Waals surface area contributed by atoms with Crippen LogP contribution in [0.4, 0.5) is 27.6 Å². The predicted molar refractivity (Wildman–Crippen MR) is 96.8 cm³/mol. The largest absolute Gasteiger partial charge is 0.387 e. The molecule has 1 aliphatic rings. The molecule has 1 aliphatic heterocycles. The molecule has 0 saturated carbocycles. The number of hydrogen-bond acceptors (Lipinski definition) is 5. The van der Waals surface area contributed by atoms with Crippen LogP contribution in [-0.4, -0.2) is 29.1 Å². The van der Waals surface area contributed by atoms with Crippen molar-refractivity contribution in [2.75, 3.05) is 5.32 Å². The van der Waals surface area contributed by atoms with Gasteiger partial charge in [0.15, 0.2) is 0 Å². The summed E-state index contributed by atoms with van der Waals surface area (Å²) >= 11 is 0. The standard InChI is InChI=1S/C19H14F5N5O/c20-13-3-2-11(28-16(30)14-4-1-10(8-25)9-27-14)7-12(13)19(17(21)22)18(23,24)6-5-15(26)29-19/h1-4,7,9,17H,5-6H2,(H2,26,29)(H,28,30)/t19-/m0/s1. The third-order valence-electron chi connectivity index (χ3n) is 4.65. The maximum atomic E-state index is 14.6. The van der Waals surface area contributed by atoms with E-state index in [-0.39, 0.29) is 16.9 Å². The normalized spacial score (nSPS) is 20.4. The number of benzene rings is 1. The fourth-order valence-electron chi connectivity index (χ4n) is 3.11. The van der Waals surface area contributed by atoms with Crippen LogP contribution in [0.5, 0.6) is 0 Å². The van der Waals surface area contributed by atoms with Gasteiger partial charge in [-0.2, -0.15) is 5.26 Å². The molecule has 156 valence electrons. The number of nitrogens with two attached hydrogens (primary N) is 1. The Bertz CT molecular complexity index is 1050. The number of amides is 1. The summed E-state index contributed by atoms with van der Waals surface area (Å²) in [5, 5.41) is 11.0. The van der Waals surface area contributed by atoms with E-state index in [1.54, 1.807) is 0 Å². The summed E-state index contributed by atoms with van der Waals surface area (Å²) in [5.74, 6) is -6.69. The zero-order valence-corrected chi connectivity index (χ0v) is 15.2. The molecule has 0 fully saturated rings. The van der Waals surface area contributed by atoms with E-state index in [1.807, 2.05) is 6.07 Å². The second kappa shape index (κ2) is 7.70. The summed E-state index contributed by atoms with van der Waals surface area (Å²) in [4.78, 5) is 19.3. The Balaban J connectivity index is 2.03. The first-order valence-corrected chi connectivity index (χ1v) is 8.58. The zero-order chi connectivity index (χ0) is 22.1. The quantitative estimate of drug-likeness (QED) is 0.734. The lowest BCUT2D eigenvalue weighted by molar-refractivity contribution is -0.145. The van der Waals surface area contributed by atoms with Crippen molar-refractivity contribution in [1.29, 1.82) is 5.26 Å². The van der Waals surface area contributed by atoms with Gasteiger partial charge in [0.25, 0.3) is 18.3 Å². The van der Waals surface area contributed by atoms with Crippen LogP contribution in [0.2, 0.25) is 0 Å². The summed E-state index contributed by atoms with van der Waals surface area (Å²) in [7, 11) is 0. The third-order valence-corrected chi connectivity index (χ3v) is 4.65. The smallest absolute Gasteiger partial charge is 0.283 e. The molecule has 0 radical (unpaired) electrons.